The van der Waals surface area contributed by atoms with E-state index in [1.54, 1.807) is 24.0 Å². The molecule has 188 valence electrons. The van der Waals surface area contributed by atoms with E-state index in [1.807, 2.05) is 28.8 Å². The van der Waals surface area contributed by atoms with Crippen molar-refractivity contribution in [2.24, 2.45) is 0 Å². The number of carbonyl (C=O) groups excluding carboxylic acids is 3. The fraction of sp³-hybridized carbons (Fsp3) is 0.393. The van der Waals surface area contributed by atoms with Crippen LogP contribution in [0.3, 0.4) is 0 Å². The molecule has 0 spiro atoms. The second kappa shape index (κ2) is 9.41. The van der Waals surface area contributed by atoms with Crippen LogP contribution in [0.15, 0.2) is 48.5 Å². The van der Waals surface area contributed by atoms with Crippen LogP contribution >= 0.6 is 0 Å². The Morgan fingerprint density at radius 3 is 2.44 bits per heavy atom. The first-order valence-corrected chi connectivity index (χ1v) is 12.5. The van der Waals surface area contributed by atoms with E-state index in [4.69, 9.17) is 0 Å². The number of nitrogens with one attached hydrogen (secondary N) is 2. The van der Waals surface area contributed by atoms with E-state index >= 15 is 0 Å². The summed E-state index contributed by atoms with van der Waals surface area (Å²) in [5.41, 5.74) is 1.10. The highest BCUT2D eigenvalue weighted by Gasteiger charge is 2.49. The summed E-state index contributed by atoms with van der Waals surface area (Å²) in [7, 11) is 0. The zero-order valence-corrected chi connectivity index (χ0v) is 20.6. The van der Waals surface area contributed by atoms with Gasteiger partial charge in [-0.3, -0.25) is 14.4 Å². The van der Waals surface area contributed by atoms with Crippen LogP contribution in [0.1, 0.15) is 62.0 Å². The minimum Gasteiger partial charge on any atom is -0.351 e. The number of hydrogen-bond donors (Lipinski definition) is 2. The highest BCUT2D eigenvalue weighted by atomic mass is 19.1. The molecule has 1 saturated carbocycles. The van der Waals surface area contributed by atoms with Crippen molar-refractivity contribution in [3.8, 4) is 0 Å². The molecule has 0 radical (unpaired) electrons. The molecule has 1 atom stereocenters. The van der Waals surface area contributed by atoms with Crippen molar-refractivity contribution in [2.75, 3.05) is 5.32 Å². The summed E-state index contributed by atoms with van der Waals surface area (Å²) in [6, 6.07) is 13.5. The van der Waals surface area contributed by atoms with E-state index in [0.717, 1.165) is 36.6 Å². The van der Waals surface area contributed by atoms with Crippen LogP contribution in [0.2, 0.25) is 0 Å². The van der Waals surface area contributed by atoms with Crippen molar-refractivity contribution in [1.29, 1.82) is 0 Å². The van der Waals surface area contributed by atoms with E-state index in [-0.39, 0.29) is 42.7 Å². The predicted molar refractivity (Wildman–Crippen MR) is 136 cm³/mol. The van der Waals surface area contributed by atoms with E-state index < -0.39 is 5.54 Å². The van der Waals surface area contributed by atoms with Gasteiger partial charge >= 0.3 is 0 Å². The van der Waals surface area contributed by atoms with Gasteiger partial charge in [0.2, 0.25) is 11.8 Å². The smallest absolute Gasteiger partial charge is 0.273 e. The van der Waals surface area contributed by atoms with E-state index in [9.17, 15) is 18.8 Å². The third-order valence-corrected chi connectivity index (χ3v) is 7.46. The van der Waals surface area contributed by atoms with Crippen LogP contribution in [0.4, 0.5) is 10.1 Å². The Labute approximate surface area is 209 Å². The van der Waals surface area contributed by atoms with Crippen LogP contribution in [0.25, 0.3) is 10.9 Å². The molecule has 36 heavy (non-hydrogen) atoms. The van der Waals surface area contributed by atoms with Gasteiger partial charge < -0.3 is 20.1 Å². The Kier molecular flexibility index (Phi) is 6.28. The molecular weight excluding hydrogens is 459 g/mol. The van der Waals surface area contributed by atoms with Gasteiger partial charge in [-0.05, 0) is 43.5 Å². The Morgan fingerprint density at radius 2 is 1.75 bits per heavy atom. The zero-order valence-electron chi connectivity index (χ0n) is 20.6. The van der Waals surface area contributed by atoms with Gasteiger partial charge in [0.05, 0.1) is 17.7 Å². The largest absolute Gasteiger partial charge is 0.351 e. The highest BCUT2D eigenvalue weighted by molar-refractivity contribution is 6.14. The van der Waals surface area contributed by atoms with Crippen molar-refractivity contribution in [3.05, 3.63) is 65.6 Å². The molecule has 2 heterocycles. The predicted octanol–water partition coefficient (Wildman–Crippen LogP) is 4.60. The molecule has 0 saturated heterocycles. The van der Waals surface area contributed by atoms with E-state index in [2.05, 4.69) is 10.6 Å². The average molecular weight is 491 g/mol. The number of halogens is 1. The quantitative estimate of drug-likeness (QED) is 0.548. The molecule has 5 rings (SSSR count). The monoisotopic (exact) mass is 490 g/mol. The van der Waals surface area contributed by atoms with E-state index in [0.29, 0.717) is 16.9 Å². The fourth-order valence-electron chi connectivity index (χ4n) is 5.54. The van der Waals surface area contributed by atoms with Gasteiger partial charge in [-0.1, -0.05) is 49.6 Å². The first-order chi connectivity index (χ1) is 17.3. The molecule has 3 aromatic rings. The molecule has 1 aliphatic carbocycles. The van der Waals surface area contributed by atoms with Gasteiger partial charge in [0, 0.05) is 24.9 Å². The fourth-order valence-corrected chi connectivity index (χ4v) is 5.54. The highest BCUT2D eigenvalue weighted by Crippen LogP contribution is 2.39. The number of aromatic nitrogens is 1. The summed E-state index contributed by atoms with van der Waals surface area (Å²) >= 11 is 0. The van der Waals surface area contributed by atoms with Crippen LogP contribution in [-0.2, 0) is 22.7 Å². The number of nitrogens with zero attached hydrogens (tertiary/aromatic N) is 2. The maximum Gasteiger partial charge on any atom is 0.273 e. The topological polar surface area (TPSA) is 83.4 Å². The molecule has 2 N–H and O–H groups in total. The number of rotatable bonds is 5. The summed E-state index contributed by atoms with van der Waals surface area (Å²) < 4.78 is 15.4. The maximum atomic E-state index is 14.2. The molecule has 1 fully saturated rings. The Bertz CT molecular complexity index is 1330. The van der Waals surface area contributed by atoms with Gasteiger partial charge in [0.15, 0.2) is 0 Å². The number of amides is 3. The van der Waals surface area contributed by atoms with Crippen LogP contribution in [0, 0.1) is 5.82 Å². The number of carbonyl (C=O) groups is 3. The maximum absolute atomic E-state index is 14.2. The Morgan fingerprint density at radius 1 is 1.06 bits per heavy atom. The molecule has 2 aliphatic rings. The molecule has 1 aliphatic heterocycles. The van der Waals surface area contributed by atoms with Gasteiger partial charge in [0.1, 0.15) is 17.1 Å². The third kappa shape index (κ3) is 4.25. The molecule has 0 bridgehead atoms. The first-order valence-electron chi connectivity index (χ1n) is 12.5. The zero-order chi connectivity index (χ0) is 25.4. The molecule has 2 aromatic carbocycles. The van der Waals surface area contributed by atoms with Gasteiger partial charge in [-0.15, -0.1) is 0 Å². The Hall–Kier alpha value is -3.68. The average Bonchev–Trinajstić information content (AvgIpc) is 3.16. The summed E-state index contributed by atoms with van der Waals surface area (Å²) in [6.07, 6.45) is 5.18. The van der Waals surface area contributed by atoms with Gasteiger partial charge in [0.25, 0.3) is 5.91 Å². The lowest BCUT2D eigenvalue weighted by molar-refractivity contribution is -0.134. The standard InChI is InChI=1S/C28H31FN4O3/c1-18(34)30-24-22-10-6-7-11-23(22)32-17-28(2,27(36)31-21-8-4-3-5-9-21)33(26(35)25(24)32)16-19-12-14-20(29)15-13-19/h6-7,10-15,21H,3-5,8-9,16-17H2,1-2H3,(H,30,34)(H,31,36)/t28-/m0/s1. The second-order valence-corrected chi connectivity index (χ2v) is 10.1. The van der Waals surface area contributed by atoms with Crippen molar-refractivity contribution in [1.82, 2.24) is 14.8 Å². The summed E-state index contributed by atoms with van der Waals surface area (Å²) in [5.74, 6) is -1.20. The molecule has 8 heteroatoms. The molecule has 0 unspecified atom stereocenters. The molecule has 1 aromatic heterocycles. The number of anilines is 1. The molecule has 7 nitrogen and oxygen atoms in total. The number of benzene rings is 2. The lowest BCUT2D eigenvalue weighted by atomic mass is 9.91. The number of para-hydroxylation sites is 1. The van der Waals surface area contributed by atoms with Gasteiger partial charge in [-0.25, -0.2) is 4.39 Å². The Balaban J connectivity index is 1.61. The van der Waals surface area contributed by atoms with Crippen molar-refractivity contribution in [3.63, 3.8) is 0 Å². The molecular formula is C28H31FN4O3. The van der Waals surface area contributed by atoms with Crippen LogP contribution < -0.4 is 10.6 Å². The number of fused-ring (bicyclic) bond motifs is 3. The summed E-state index contributed by atoms with van der Waals surface area (Å²) in [6.45, 7) is 3.56. The third-order valence-electron chi connectivity index (χ3n) is 7.46. The second-order valence-electron chi connectivity index (χ2n) is 10.1. The van der Waals surface area contributed by atoms with Crippen LogP contribution in [0.5, 0.6) is 0 Å². The lowest BCUT2D eigenvalue weighted by Gasteiger charge is -2.45. The van der Waals surface area contributed by atoms with Crippen molar-refractivity contribution < 1.29 is 18.8 Å². The normalized spacial score (nSPS) is 20.3. The van der Waals surface area contributed by atoms with Gasteiger partial charge in [-0.2, -0.15) is 0 Å². The minimum atomic E-state index is -1.19. The van der Waals surface area contributed by atoms with E-state index in [1.165, 1.54) is 25.5 Å². The summed E-state index contributed by atoms with van der Waals surface area (Å²) in [4.78, 5) is 41.7. The van der Waals surface area contributed by atoms with Crippen molar-refractivity contribution in [2.45, 2.75) is 70.6 Å². The van der Waals surface area contributed by atoms with Crippen LogP contribution in [-0.4, -0.2) is 38.8 Å². The first kappa shape index (κ1) is 24.0. The molecule has 3 amide bonds. The minimum absolute atomic E-state index is 0.0867. The SMILES string of the molecule is CC(=O)Nc1c2n(c3ccccc13)C[C@@](C)(C(=O)NC1CCCCC1)N(Cc1ccc(F)cc1)C2=O. The summed E-state index contributed by atoms with van der Waals surface area (Å²) in [5, 5.41) is 6.80. The number of hydrogen-bond acceptors (Lipinski definition) is 3. The lowest BCUT2D eigenvalue weighted by Crippen LogP contribution is -2.64. The van der Waals surface area contributed by atoms with Crippen molar-refractivity contribution >= 4 is 34.3 Å².